The molecule has 156 valence electrons. The summed E-state index contributed by atoms with van der Waals surface area (Å²) >= 11 is 0. The van der Waals surface area contributed by atoms with E-state index in [1.165, 1.54) is 0 Å². The zero-order chi connectivity index (χ0) is 20.7. The molecule has 0 spiro atoms. The molecule has 1 unspecified atom stereocenters. The van der Waals surface area contributed by atoms with Gasteiger partial charge in [0.25, 0.3) is 0 Å². The van der Waals surface area contributed by atoms with Gasteiger partial charge in [-0.25, -0.2) is 9.59 Å². The van der Waals surface area contributed by atoms with Crippen LogP contribution in [0.3, 0.4) is 0 Å². The third kappa shape index (κ3) is 15.7. The SMILES string of the molecule is C=CC(=O)OCC(CCCCCCOC(=O)NCC(F)(F)F)OC(=O)CC. The molecule has 1 N–H and O–H groups in total. The highest BCUT2D eigenvalue weighted by atomic mass is 19.4. The van der Waals surface area contributed by atoms with Crippen molar-refractivity contribution in [2.45, 2.75) is 57.7 Å². The van der Waals surface area contributed by atoms with Crippen LogP contribution in [0.4, 0.5) is 18.0 Å². The molecule has 27 heavy (non-hydrogen) atoms. The van der Waals surface area contributed by atoms with E-state index in [-0.39, 0.29) is 19.6 Å². The van der Waals surface area contributed by atoms with Crippen molar-refractivity contribution in [3.63, 3.8) is 0 Å². The van der Waals surface area contributed by atoms with Crippen LogP contribution in [-0.2, 0) is 23.8 Å². The maximum Gasteiger partial charge on any atom is 0.407 e. The summed E-state index contributed by atoms with van der Waals surface area (Å²) in [5.74, 6) is -0.999. The summed E-state index contributed by atoms with van der Waals surface area (Å²) in [4.78, 5) is 33.5. The van der Waals surface area contributed by atoms with Crippen molar-refractivity contribution < 1.29 is 41.8 Å². The highest BCUT2D eigenvalue weighted by Gasteiger charge is 2.27. The highest BCUT2D eigenvalue weighted by molar-refractivity contribution is 5.81. The molecule has 0 heterocycles. The van der Waals surface area contributed by atoms with Gasteiger partial charge >= 0.3 is 24.2 Å². The van der Waals surface area contributed by atoms with Crippen LogP contribution >= 0.6 is 0 Å². The molecule has 0 aromatic heterocycles. The van der Waals surface area contributed by atoms with Crippen molar-refractivity contribution >= 4 is 18.0 Å². The first-order valence-electron chi connectivity index (χ1n) is 8.64. The summed E-state index contributed by atoms with van der Waals surface area (Å²) in [5, 5.41) is 1.61. The zero-order valence-electron chi connectivity index (χ0n) is 15.3. The summed E-state index contributed by atoms with van der Waals surface area (Å²) in [5.41, 5.74) is 0. The lowest BCUT2D eigenvalue weighted by Gasteiger charge is -2.17. The van der Waals surface area contributed by atoms with Crippen molar-refractivity contribution in [2.24, 2.45) is 0 Å². The summed E-state index contributed by atoms with van der Waals surface area (Å²) in [7, 11) is 0. The zero-order valence-corrected chi connectivity index (χ0v) is 15.3. The van der Waals surface area contributed by atoms with Gasteiger partial charge in [0.15, 0.2) is 0 Å². The van der Waals surface area contributed by atoms with E-state index in [9.17, 15) is 27.6 Å². The molecule has 0 aromatic carbocycles. The van der Waals surface area contributed by atoms with E-state index < -0.39 is 36.9 Å². The smallest absolute Gasteiger partial charge is 0.407 e. The predicted molar refractivity (Wildman–Crippen MR) is 89.8 cm³/mol. The van der Waals surface area contributed by atoms with Crippen molar-refractivity contribution in [1.82, 2.24) is 5.32 Å². The molecule has 0 saturated carbocycles. The van der Waals surface area contributed by atoms with Crippen LogP contribution in [0.15, 0.2) is 12.7 Å². The number of carbonyl (C=O) groups is 3. The number of hydrogen-bond acceptors (Lipinski definition) is 6. The van der Waals surface area contributed by atoms with Gasteiger partial charge in [-0.05, 0) is 19.3 Å². The lowest BCUT2D eigenvalue weighted by molar-refractivity contribution is -0.157. The van der Waals surface area contributed by atoms with Crippen LogP contribution in [0, 0.1) is 0 Å². The number of amides is 1. The van der Waals surface area contributed by atoms with Crippen LogP contribution in [-0.4, -0.2) is 50.1 Å². The van der Waals surface area contributed by atoms with Crippen molar-refractivity contribution in [3.05, 3.63) is 12.7 Å². The van der Waals surface area contributed by atoms with Gasteiger partial charge in [-0.3, -0.25) is 4.79 Å². The number of nitrogens with one attached hydrogen (secondary N) is 1. The Bertz CT molecular complexity index is 482. The highest BCUT2D eigenvalue weighted by Crippen LogP contribution is 2.12. The molecule has 0 rings (SSSR count). The van der Waals surface area contributed by atoms with E-state index >= 15 is 0 Å². The lowest BCUT2D eigenvalue weighted by Crippen LogP contribution is -2.34. The molecule has 0 aliphatic carbocycles. The van der Waals surface area contributed by atoms with Crippen molar-refractivity contribution in [1.29, 1.82) is 0 Å². The molecule has 7 nitrogen and oxygen atoms in total. The molecule has 0 aliphatic rings. The third-order valence-corrected chi connectivity index (χ3v) is 3.25. The van der Waals surface area contributed by atoms with Crippen LogP contribution in [0.1, 0.15) is 45.4 Å². The molecule has 0 saturated heterocycles. The number of rotatable bonds is 13. The van der Waals surface area contributed by atoms with Crippen molar-refractivity contribution in [2.75, 3.05) is 19.8 Å². The fourth-order valence-electron chi connectivity index (χ4n) is 1.90. The first-order valence-corrected chi connectivity index (χ1v) is 8.64. The van der Waals surface area contributed by atoms with Gasteiger partial charge in [0.1, 0.15) is 19.3 Å². The molecule has 0 aliphatic heterocycles. The quantitative estimate of drug-likeness (QED) is 0.222. The average Bonchev–Trinajstić information content (AvgIpc) is 2.62. The first kappa shape index (κ1) is 24.7. The standard InChI is InChI=1S/C17H26F3NO6/c1-3-14(22)26-11-13(27-15(23)4-2)9-7-5-6-8-10-25-16(24)21-12-17(18,19)20/h3,13H,1,4-12H2,2H3,(H,21,24). The molecular formula is C17H26F3NO6. The number of hydrogen-bond donors (Lipinski definition) is 1. The molecule has 0 aromatic rings. The molecule has 0 bridgehead atoms. The predicted octanol–water partition coefficient (Wildman–Crippen LogP) is 3.28. The van der Waals surface area contributed by atoms with Gasteiger partial charge < -0.3 is 19.5 Å². The summed E-state index contributed by atoms with van der Waals surface area (Å²) in [6.45, 7) is 3.45. The van der Waals surface area contributed by atoms with Gasteiger partial charge in [0.2, 0.25) is 0 Å². The van der Waals surface area contributed by atoms with E-state index in [1.807, 2.05) is 0 Å². The number of alkyl halides is 3. The fourth-order valence-corrected chi connectivity index (χ4v) is 1.90. The van der Waals surface area contributed by atoms with Crippen LogP contribution in [0.25, 0.3) is 0 Å². The normalized spacial score (nSPS) is 12.0. The maximum atomic E-state index is 11.9. The summed E-state index contributed by atoms with van der Waals surface area (Å²) in [6.07, 6.45) is -1.86. The van der Waals surface area contributed by atoms with Crippen molar-refractivity contribution in [3.8, 4) is 0 Å². The Balaban J connectivity index is 3.89. The Morgan fingerprint density at radius 2 is 1.78 bits per heavy atom. The largest absolute Gasteiger partial charge is 0.459 e. The average molecular weight is 397 g/mol. The number of esters is 2. The van der Waals surface area contributed by atoms with Crippen LogP contribution in [0.5, 0.6) is 0 Å². The monoisotopic (exact) mass is 397 g/mol. The summed E-state index contributed by atoms with van der Waals surface area (Å²) < 4.78 is 50.4. The second kappa shape index (κ2) is 13.9. The number of halogens is 3. The van der Waals surface area contributed by atoms with Crippen LogP contribution < -0.4 is 5.32 Å². The van der Waals surface area contributed by atoms with Gasteiger partial charge in [-0.15, -0.1) is 0 Å². The fraction of sp³-hybridized carbons (Fsp3) is 0.706. The van der Waals surface area contributed by atoms with Gasteiger partial charge in [0.05, 0.1) is 6.61 Å². The Kier molecular flexibility index (Phi) is 12.7. The first-order chi connectivity index (χ1) is 12.7. The topological polar surface area (TPSA) is 90.9 Å². The van der Waals surface area contributed by atoms with Gasteiger partial charge in [0, 0.05) is 12.5 Å². The number of ether oxygens (including phenoxy) is 3. The second-order valence-corrected chi connectivity index (χ2v) is 5.61. The van der Waals surface area contributed by atoms with E-state index in [4.69, 9.17) is 9.47 Å². The molecule has 1 amide bonds. The van der Waals surface area contributed by atoms with Gasteiger partial charge in [-0.2, -0.15) is 13.2 Å². The Hall–Kier alpha value is -2.26. The second-order valence-electron chi connectivity index (χ2n) is 5.61. The van der Waals surface area contributed by atoms with E-state index in [2.05, 4.69) is 11.3 Å². The third-order valence-electron chi connectivity index (χ3n) is 3.25. The minimum atomic E-state index is -4.48. The molecular weight excluding hydrogens is 371 g/mol. The molecule has 0 radical (unpaired) electrons. The minimum Gasteiger partial charge on any atom is -0.459 e. The number of carbonyl (C=O) groups excluding carboxylic acids is 3. The molecule has 1 atom stereocenters. The van der Waals surface area contributed by atoms with E-state index in [1.54, 1.807) is 12.2 Å². The molecule has 10 heteroatoms. The Morgan fingerprint density at radius 3 is 2.37 bits per heavy atom. The number of unbranched alkanes of at least 4 members (excludes halogenated alkanes) is 3. The minimum absolute atomic E-state index is 0.00882. The van der Waals surface area contributed by atoms with E-state index in [0.717, 1.165) is 12.5 Å². The molecule has 0 fully saturated rings. The Morgan fingerprint density at radius 1 is 1.11 bits per heavy atom. The Labute approximate surface area is 156 Å². The lowest BCUT2D eigenvalue weighted by atomic mass is 10.1. The number of alkyl carbamates (subject to hydrolysis) is 1. The maximum absolute atomic E-state index is 11.9. The summed E-state index contributed by atoms with van der Waals surface area (Å²) in [6, 6.07) is 0. The van der Waals surface area contributed by atoms with Crippen LogP contribution in [0.2, 0.25) is 0 Å². The van der Waals surface area contributed by atoms with Gasteiger partial charge in [-0.1, -0.05) is 26.3 Å². The van der Waals surface area contributed by atoms with E-state index in [0.29, 0.717) is 25.7 Å².